The Morgan fingerprint density at radius 2 is 2.25 bits per heavy atom. The van der Waals surface area contributed by atoms with Gasteiger partial charge in [0.25, 0.3) is 0 Å². The van der Waals surface area contributed by atoms with Crippen molar-refractivity contribution in [2.24, 2.45) is 10.8 Å². The molecular formula is C12H13Br2N3O2S. The van der Waals surface area contributed by atoms with Crippen molar-refractivity contribution in [3.05, 3.63) is 33.2 Å². The maximum Gasteiger partial charge on any atom is 0.184 e. The average molecular weight is 423 g/mol. The number of halogens is 2. The molecule has 0 heterocycles. The molecule has 0 unspecified atom stereocenters. The van der Waals surface area contributed by atoms with Gasteiger partial charge in [0.15, 0.2) is 16.6 Å². The lowest BCUT2D eigenvalue weighted by atomic mass is 10.2. The number of methoxy groups -OCH3 is 1. The Morgan fingerprint density at radius 3 is 2.80 bits per heavy atom. The lowest BCUT2D eigenvalue weighted by Crippen LogP contribution is -2.24. The summed E-state index contributed by atoms with van der Waals surface area (Å²) in [7, 11) is 1.56. The van der Waals surface area contributed by atoms with Crippen LogP contribution >= 0.6 is 44.1 Å². The van der Waals surface area contributed by atoms with Crippen molar-refractivity contribution >= 4 is 55.4 Å². The largest absolute Gasteiger partial charge is 0.493 e. The van der Waals surface area contributed by atoms with E-state index >= 15 is 0 Å². The van der Waals surface area contributed by atoms with Crippen LogP contribution in [-0.2, 0) is 0 Å². The van der Waals surface area contributed by atoms with Gasteiger partial charge in [-0.3, -0.25) is 5.43 Å². The normalized spacial score (nSPS) is 10.3. The molecule has 0 atom stereocenters. The lowest BCUT2D eigenvalue weighted by Gasteiger charge is -2.14. The molecule has 0 aliphatic carbocycles. The highest BCUT2D eigenvalue weighted by Crippen LogP contribution is 2.42. The summed E-state index contributed by atoms with van der Waals surface area (Å²) in [4.78, 5) is 0. The van der Waals surface area contributed by atoms with Gasteiger partial charge in [-0.2, -0.15) is 5.10 Å². The molecule has 108 valence electrons. The smallest absolute Gasteiger partial charge is 0.184 e. The minimum absolute atomic E-state index is 0.0920. The fraction of sp³-hybridized carbons (Fsp3) is 0.167. The number of nitrogens with two attached hydrogens (primary N) is 1. The van der Waals surface area contributed by atoms with Crippen LogP contribution in [0.4, 0.5) is 0 Å². The third-order valence-corrected chi connectivity index (χ3v) is 4.33. The Kier molecular flexibility index (Phi) is 6.97. The molecule has 0 aliphatic rings. The van der Waals surface area contributed by atoms with E-state index in [-0.39, 0.29) is 5.11 Å². The lowest BCUT2D eigenvalue weighted by molar-refractivity contribution is 0.324. The number of thiocarbonyl (C=S) groups is 1. The van der Waals surface area contributed by atoms with Gasteiger partial charge in [-0.25, -0.2) is 0 Å². The Bertz CT molecular complexity index is 550. The topological polar surface area (TPSA) is 68.9 Å². The summed E-state index contributed by atoms with van der Waals surface area (Å²) < 4.78 is 12.4. The highest BCUT2D eigenvalue weighted by atomic mass is 79.9. The van der Waals surface area contributed by atoms with Crippen LogP contribution in [0.25, 0.3) is 0 Å². The zero-order chi connectivity index (χ0) is 15.1. The number of ether oxygens (including phenoxy) is 2. The fourth-order valence-electron chi connectivity index (χ4n) is 1.29. The van der Waals surface area contributed by atoms with Crippen molar-refractivity contribution in [1.82, 2.24) is 5.43 Å². The number of nitrogens with zero attached hydrogens (tertiary/aromatic N) is 1. The van der Waals surface area contributed by atoms with Crippen molar-refractivity contribution in [2.75, 3.05) is 13.7 Å². The van der Waals surface area contributed by atoms with E-state index in [0.717, 1.165) is 14.5 Å². The van der Waals surface area contributed by atoms with Crippen LogP contribution in [0.15, 0.2) is 32.8 Å². The molecule has 0 fully saturated rings. The molecule has 0 amide bonds. The number of benzene rings is 1. The molecule has 8 heteroatoms. The Morgan fingerprint density at radius 1 is 1.55 bits per heavy atom. The summed E-state index contributed by atoms with van der Waals surface area (Å²) in [5.74, 6) is 1.15. The average Bonchev–Trinajstić information content (AvgIpc) is 2.42. The second-order valence-electron chi connectivity index (χ2n) is 3.46. The Hall–Kier alpha value is -1.12. The molecule has 3 N–H and O–H groups in total. The first kappa shape index (κ1) is 16.9. The van der Waals surface area contributed by atoms with Crippen LogP contribution in [0.3, 0.4) is 0 Å². The van der Waals surface area contributed by atoms with E-state index in [1.165, 1.54) is 0 Å². The van der Waals surface area contributed by atoms with Gasteiger partial charge in [0, 0.05) is 10.0 Å². The number of rotatable bonds is 6. The third kappa shape index (κ3) is 4.46. The van der Waals surface area contributed by atoms with Gasteiger partial charge < -0.3 is 15.2 Å². The molecule has 0 bridgehead atoms. The molecule has 0 aliphatic heterocycles. The van der Waals surface area contributed by atoms with Crippen molar-refractivity contribution in [3.8, 4) is 11.5 Å². The van der Waals surface area contributed by atoms with Gasteiger partial charge in [-0.1, -0.05) is 12.7 Å². The van der Waals surface area contributed by atoms with E-state index in [9.17, 15) is 0 Å². The van der Waals surface area contributed by atoms with Crippen LogP contribution in [0.5, 0.6) is 11.5 Å². The zero-order valence-electron chi connectivity index (χ0n) is 10.7. The van der Waals surface area contributed by atoms with Crippen molar-refractivity contribution < 1.29 is 9.47 Å². The van der Waals surface area contributed by atoms with Crippen LogP contribution < -0.4 is 20.6 Å². The first-order valence-corrected chi connectivity index (χ1v) is 7.38. The number of nitrogens with one attached hydrogen (secondary N) is 1. The molecule has 0 saturated heterocycles. The maximum atomic E-state index is 5.57. The zero-order valence-corrected chi connectivity index (χ0v) is 14.6. The van der Waals surface area contributed by atoms with Crippen LogP contribution in [0, 0.1) is 0 Å². The first-order chi connectivity index (χ1) is 9.51. The maximum absolute atomic E-state index is 5.57. The Balaban J connectivity index is 3.15. The van der Waals surface area contributed by atoms with Gasteiger partial charge in [-0.15, -0.1) is 0 Å². The molecule has 1 aromatic rings. The molecule has 5 nitrogen and oxygen atoms in total. The van der Waals surface area contributed by atoms with Crippen LogP contribution in [-0.4, -0.2) is 25.0 Å². The summed E-state index contributed by atoms with van der Waals surface area (Å²) in [6.07, 6.45) is 3.22. The van der Waals surface area contributed by atoms with Gasteiger partial charge in [-0.05, 0) is 50.1 Å². The monoisotopic (exact) mass is 421 g/mol. The van der Waals surface area contributed by atoms with E-state index in [1.807, 2.05) is 0 Å². The second kappa shape index (κ2) is 8.23. The standard InChI is InChI=1S/C12H13Br2N3O2S/c1-3-4-19-11-8(18-2)5-7(9(13)10(11)14)6-16-17-12(15)20/h3,5-6H,1,4H2,2H3,(H3,15,17,20). The highest BCUT2D eigenvalue weighted by molar-refractivity contribution is 9.13. The van der Waals surface area contributed by atoms with Crippen LogP contribution in [0.1, 0.15) is 5.56 Å². The first-order valence-electron chi connectivity index (χ1n) is 5.39. The molecule has 1 aromatic carbocycles. The summed E-state index contributed by atoms with van der Waals surface area (Å²) in [5, 5.41) is 4.00. The second-order valence-corrected chi connectivity index (χ2v) is 5.48. The van der Waals surface area contributed by atoms with Gasteiger partial charge in [0.05, 0.1) is 17.8 Å². The van der Waals surface area contributed by atoms with E-state index < -0.39 is 0 Å². The summed E-state index contributed by atoms with van der Waals surface area (Å²) in [6.45, 7) is 3.98. The van der Waals surface area contributed by atoms with Crippen molar-refractivity contribution in [2.45, 2.75) is 0 Å². The molecule has 0 aromatic heterocycles. The molecular weight excluding hydrogens is 410 g/mol. The predicted octanol–water partition coefficient (Wildman–Crippen LogP) is 2.95. The molecule has 0 radical (unpaired) electrons. The highest BCUT2D eigenvalue weighted by Gasteiger charge is 2.16. The van der Waals surface area contributed by atoms with Gasteiger partial charge >= 0.3 is 0 Å². The van der Waals surface area contributed by atoms with Crippen LogP contribution in [0.2, 0.25) is 0 Å². The number of hydrogen-bond donors (Lipinski definition) is 2. The van der Waals surface area contributed by atoms with Crippen molar-refractivity contribution in [1.29, 1.82) is 0 Å². The van der Waals surface area contributed by atoms with E-state index in [2.05, 4.69) is 61.2 Å². The van der Waals surface area contributed by atoms with Crippen molar-refractivity contribution in [3.63, 3.8) is 0 Å². The predicted molar refractivity (Wildman–Crippen MR) is 91.6 cm³/mol. The Labute approximate surface area is 139 Å². The van der Waals surface area contributed by atoms with Gasteiger partial charge in [0.2, 0.25) is 0 Å². The van der Waals surface area contributed by atoms with E-state index in [0.29, 0.717) is 18.1 Å². The minimum atomic E-state index is 0.0920. The molecule has 0 saturated carbocycles. The minimum Gasteiger partial charge on any atom is -0.493 e. The number of hydrazone groups is 1. The quantitative estimate of drug-likeness (QED) is 0.319. The number of hydrogen-bond acceptors (Lipinski definition) is 4. The molecule has 0 spiro atoms. The fourth-order valence-corrected chi connectivity index (χ4v) is 2.28. The summed E-state index contributed by atoms with van der Waals surface area (Å²) in [6, 6.07) is 1.78. The van der Waals surface area contributed by atoms with E-state index in [4.69, 9.17) is 15.2 Å². The van der Waals surface area contributed by atoms with E-state index in [1.54, 1.807) is 25.5 Å². The summed E-state index contributed by atoms with van der Waals surface area (Å²) in [5.41, 5.74) is 8.54. The SMILES string of the molecule is C=CCOc1c(OC)cc(C=NNC(N)=S)c(Br)c1Br. The summed E-state index contributed by atoms with van der Waals surface area (Å²) >= 11 is 11.6. The molecule has 20 heavy (non-hydrogen) atoms. The third-order valence-electron chi connectivity index (χ3n) is 2.10. The molecule has 1 rings (SSSR count). The van der Waals surface area contributed by atoms with Gasteiger partial charge in [0.1, 0.15) is 6.61 Å².